The highest BCUT2D eigenvalue weighted by molar-refractivity contribution is 6.29. The van der Waals surface area contributed by atoms with Crippen LogP contribution in [0.5, 0.6) is 0 Å². The lowest BCUT2D eigenvalue weighted by Gasteiger charge is -2.14. The van der Waals surface area contributed by atoms with Crippen LogP contribution in [0.3, 0.4) is 0 Å². The smallest absolute Gasteiger partial charge is 0.134 e. The number of rotatable bonds is 5. The SMILES string of the molecule is CCOCC(C)Nc1cc(Cl)nc(C)n1. The number of aromatic nitrogens is 2. The van der Waals surface area contributed by atoms with Crippen molar-refractivity contribution in [3.63, 3.8) is 0 Å². The third kappa shape index (κ3) is 4.44. The minimum atomic E-state index is 0.204. The van der Waals surface area contributed by atoms with Crippen LogP contribution < -0.4 is 5.32 Å². The molecule has 1 aromatic heterocycles. The Bertz CT molecular complexity index is 299. The average molecular weight is 230 g/mol. The summed E-state index contributed by atoms with van der Waals surface area (Å²) >= 11 is 5.82. The Morgan fingerprint density at radius 1 is 1.53 bits per heavy atom. The van der Waals surface area contributed by atoms with Crippen LogP contribution in [0.1, 0.15) is 19.7 Å². The van der Waals surface area contributed by atoms with Crippen molar-refractivity contribution >= 4 is 17.4 Å². The zero-order chi connectivity index (χ0) is 11.3. The van der Waals surface area contributed by atoms with Crippen LogP contribution in [0, 0.1) is 6.92 Å². The van der Waals surface area contributed by atoms with Crippen molar-refractivity contribution in [1.82, 2.24) is 9.97 Å². The Kier molecular flexibility index (Phi) is 4.78. The molecular weight excluding hydrogens is 214 g/mol. The lowest BCUT2D eigenvalue weighted by atomic mass is 10.3. The molecule has 0 aromatic carbocycles. The molecule has 0 amide bonds. The van der Waals surface area contributed by atoms with E-state index in [1.165, 1.54) is 0 Å². The third-order valence-electron chi connectivity index (χ3n) is 1.77. The summed E-state index contributed by atoms with van der Waals surface area (Å²) in [6.45, 7) is 7.18. The van der Waals surface area contributed by atoms with Crippen molar-refractivity contribution in [3.8, 4) is 0 Å². The monoisotopic (exact) mass is 229 g/mol. The molecule has 0 spiro atoms. The van der Waals surface area contributed by atoms with Gasteiger partial charge in [-0.2, -0.15) is 0 Å². The van der Waals surface area contributed by atoms with E-state index in [0.29, 0.717) is 17.6 Å². The number of ether oxygens (including phenoxy) is 1. The molecule has 1 heterocycles. The van der Waals surface area contributed by atoms with Gasteiger partial charge in [0.1, 0.15) is 16.8 Å². The van der Waals surface area contributed by atoms with E-state index in [1.54, 1.807) is 6.07 Å². The van der Waals surface area contributed by atoms with Crippen molar-refractivity contribution in [2.75, 3.05) is 18.5 Å². The molecule has 0 aliphatic rings. The molecule has 84 valence electrons. The van der Waals surface area contributed by atoms with Gasteiger partial charge in [0.2, 0.25) is 0 Å². The van der Waals surface area contributed by atoms with Gasteiger partial charge in [0, 0.05) is 18.7 Å². The minimum absolute atomic E-state index is 0.204. The van der Waals surface area contributed by atoms with Crippen molar-refractivity contribution in [2.24, 2.45) is 0 Å². The second-order valence-corrected chi connectivity index (χ2v) is 3.72. The molecule has 0 aliphatic carbocycles. The van der Waals surface area contributed by atoms with Crippen LogP contribution in [0.25, 0.3) is 0 Å². The summed E-state index contributed by atoms with van der Waals surface area (Å²) in [5.74, 6) is 1.40. The van der Waals surface area contributed by atoms with Crippen molar-refractivity contribution < 1.29 is 4.74 Å². The predicted octanol–water partition coefficient (Wildman–Crippen LogP) is 2.28. The van der Waals surface area contributed by atoms with Crippen LogP contribution in [0.15, 0.2) is 6.07 Å². The molecule has 0 saturated carbocycles. The summed E-state index contributed by atoms with van der Waals surface area (Å²) < 4.78 is 5.29. The summed E-state index contributed by atoms with van der Waals surface area (Å²) in [6, 6.07) is 1.91. The molecule has 1 N–H and O–H groups in total. The van der Waals surface area contributed by atoms with Gasteiger partial charge >= 0.3 is 0 Å². The van der Waals surface area contributed by atoms with E-state index < -0.39 is 0 Å². The highest BCUT2D eigenvalue weighted by Gasteiger charge is 2.04. The van der Waals surface area contributed by atoms with Crippen LogP contribution in [-0.4, -0.2) is 29.2 Å². The number of hydrogen-bond acceptors (Lipinski definition) is 4. The van der Waals surface area contributed by atoms with Crippen LogP contribution >= 0.6 is 11.6 Å². The quantitative estimate of drug-likeness (QED) is 0.787. The van der Waals surface area contributed by atoms with E-state index in [9.17, 15) is 0 Å². The number of anilines is 1. The number of halogens is 1. The summed E-state index contributed by atoms with van der Waals surface area (Å²) in [4.78, 5) is 8.21. The summed E-state index contributed by atoms with van der Waals surface area (Å²) in [5, 5.41) is 3.65. The van der Waals surface area contributed by atoms with Gasteiger partial charge in [-0.05, 0) is 20.8 Å². The fourth-order valence-electron chi connectivity index (χ4n) is 1.19. The predicted molar refractivity (Wildman–Crippen MR) is 61.4 cm³/mol. The lowest BCUT2D eigenvalue weighted by Crippen LogP contribution is -2.22. The Morgan fingerprint density at radius 3 is 2.87 bits per heavy atom. The number of aryl methyl sites for hydroxylation is 1. The Labute approximate surface area is 95.0 Å². The standard InChI is InChI=1S/C10H16ClN3O/c1-4-15-6-7(2)12-10-5-9(11)13-8(3)14-10/h5,7H,4,6H2,1-3H3,(H,12,13,14). The van der Waals surface area contributed by atoms with E-state index >= 15 is 0 Å². The van der Waals surface area contributed by atoms with Gasteiger partial charge in [-0.3, -0.25) is 0 Å². The number of hydrogen-bond donors (Lipinski definition) is 1. The molecule has 15 heavy (non-hydrogen) atoms. The summed E-state index contributed by atoms with van der Waals surface area (Å²) in [5.41, 5.74) is 0. The third-order valence-corrected chi connectivity index (χ3v) is 1.97. The molecular formula is C10H16ClN3O. The maximum absolute atomic E-state index is 5.82. The first-order chi connectivity index (χ1) is 7.11. The molecule has 1 atom stereocenters. The van der Waals surface area contributed by atoms with Gasteiger partial charge in [-0.15, -0.1) is 0 Å². The van der Waals surface area contributed by atoms with Crippen LogP contribution in [0.2, 0.25) is 5.15 Å². The second-order valence-electron chi connectivity index (χ2n) is 3.33. The Hall–Kier alpha value is -0.870. The normalized spacial score (nSPS) is 12.5. The fourth-order valence-corrected chi connectivity index (χ4v) is 1.42. The van der Waals surface area contributed by atoms with E-state index in [1.807, 2.05) is 20.8 Å². The second kappa shape index (κ2) is 5.88. The molecule has 1 rings (SSSR count). The Morgan fingerprint density at radius 2 is 2.27 bits per heavy atom. The fraction of sp³-hybridized carbons (Fsp3) is 0.600. The molecule has 5 heteroatoms. The van der Waals surface area contributed by atoms with Gasteiger partial charge in [-0.25, -0.2) is 9.97 Å². The van der Waals surface area contributed by atoms with E-state index in [0.717, 1.165) is 12.4 Å². The molecule has 1 unspecified atom stereocenters. The van der Waals surface area contributed by atoms with Crippen molar-refractivity contribution in [2.45, 2.75) is 26.8 Å². The lowest BCUT2D eigenvalue weighted by molar-refractivity contribution is 0.141. The zero-order valence-electron chi connectivity index (χ0n) is 9.25. The van der Waals surface area contributed by atoms with Crippen LogP contribution in [-0.2, 0) is 4.74 Å². The van der Waals surface area contributed by atoms with Gasteiger partial charge in [0.15, 0.2) is 0 Å². The number of nitrogens with one attached hydrogen (secondary N) is 1. The molecule has 0 radical (unpaired) electrons. The molecule has 0 saturated heterocycles. The largest absolute Gasteiger partial charge is 0.380 e. The highest BCUT2D eigenvalue weighted by Crippen LogP contribution is 2.11. The first-order valence-electron chi connectivity index (χ1n) is 4.97. The zero-order valence-corrected chi connectivity index (χ0v) is 10.0. The maximum atomic E-state index is 5.82. The van der Waals surface area contributed by atoms with E-state index in [2.05, 4.69) is 15.3 Å². The number of nitrogens with zero attached hydrogens (tertiary/aromatic N) is 2. The molecule has 4 nitrogen and oxygen atoms in total. The van der Waals surface area contributed by atoms with Crippen molar-refractivity contribution in [1.29, 1.82) is 0 Å². The minimum Gasteiger partial charge on any atom is -0.380 e. The average Bonchev–Trinajstić information content (AvgIpc) is 2.13. The van der Waals surface area contributed by atoms with Gasteiger partial charge in [0.05, 0.1) is 6.61 Å². The summed E-state index contributed by atoms with van der Waals surface area (Å²) in [6.07, 6.45) is 0. The molecule has 0 fully saturated rings. The van der Waals surface area contributed by atoms with Gasteiger partial charge in [0.25, 0.3) is 0 Å². The van der Waals surface area contributed by atoms with E-state index in [-0.39, 0.29) is 6.04 Å². The highest BCUT2D eigenvalue weighted by atomic mass is 35.5. The van der Waals surface area contributed by atoms with Crippen LogP contribution in [0.4, 0.5) is 5.82 Å². The molecule has 1 aromatic rings. The topological polar surface area (TPSA) is 47.0 Å². The molecule has 0 aliphatic heterocycles. The Balaban J connectivity index is 2.56. The molecule has 0 bridgehead atoms. The van der Waals surface area contributed by atoms with Gasteiger partial charge < -0.3 is 10.1 Å². The summed E-state index contributed by atoms with van der Waals surface area (Å²) in [7, 11) is 0. The first kappa shape index (κ1) is 12.2. The van der Waals surface area contributed by atoms with E-state index in [4.69, 9.17) is 16.3 Å². The maximum Gasteiger partial charge on any atom is 0.134 e. The first-order valence-corrected chi connectivity index (χ1v) is 5.35. The van der Waals surface area contributed by atoms with Crippen molar-refractivity contribution in [3.05, 3.63) is 17.0 Å². The van der Waals surface area contributed by atoms with Gasteiger partial charge in [-0.1, -0.05) is 11.6 Å².